The second-order valence-corrected chi connectivity index (χ2v) is 4.36. The Bertz CT molecular complexity index is 561. The van der Waals surface area contributed by atoms with Gasteiger partial charge >= 0.3 is 0 Å². The minimum absolute atomic E-state index is 0.0230. The van der Waals surface area contributed by atoms with Gasteiger partial charge in [-0.1, -0.05) is 23.4 Å². The molecule has 0 unspecified atom stereocenters. The number of hydrogen-bond donors (Lipinski definition) is 3. The zero-order valence-corrected chi connectivity index (χ0v) is 11.8. The molecule has 0 fully saturated rings. The van der Waals surface area contributed by atoms with E-state index in [2.05, 4.69) is 22.5 Å². The summed E-state index contributed by atoms with van der Waals surface area (Å²) in [6.07, 6.45) is 0.349. The van der Waals surface area contributed by atoms with Crippen LogP contribution in [0.1, 0.15) is 18.9 Å². The topological polar surface area (TPSA) is 78.4 Å². The SMILES string of the molecule is CC(=O)NCC(=O)Nc1cc(Cl)ccc1C#CCCO. The van der Waals surface area contributed by atoms with Crippen molar-refractivity contribution in [1.29, 1.82) is 0 Å². The fraction of sp³-hybridized carbons (Fsp3) is 0.286. The zero-order chi connectivity index (χ0) is 15.0. The molecule has 0 saturated carbocycles. The van der Waals surface area contributed by atoms with Gasteiger partial charge in [0, 0.05) is 23.9 Å². The lowest BCUT2D eigenvalue weighted by molar-refractivity contribution is -0.122. The van der Waals surface area contributed by atoms with Gasteiger partial charge in [0.05, 0.1) is 18.8 Å². The van der Waals surface area contributed by atoms with E-state index in [9.17, 15) is 9.59 Å². The third-order valence-corrected chi connectivity index (χ3v) is 2.45. The number of halogens is 1. The van der Waals surface area contributed by atoms with E-state index in [1.54, 1.807) is 18.2 Å². The summed E-state index contributed by atoms with van der Waals surface area (Å²) in [5.41, 5.74) is 1.07. The Labute approximate surface area is 122 Å². The van der Waals surface area contributed by atoms with Crippen molar-refractivity contribution in [2.24, 2.45) is 0 Å². The maximum absolute atomic E-state index is 11.7. The Balaban J connectivity index is 2.82. The Morgan fingerprint density at radius 2 is 2.15 bits per heavy atom. The Morgan fingerprint density at radius 3 is 2.80 bits per heavy atom. The Morgan fingerprint density at radius 1 is 1.40 bits per heavy atom. The average molecular weight is 295 g/mol. The molecule has 0 aromatic heterocycles. The third-order valence-electron chi connectivity index (χ3n) is 2.21. The number of anilines is 1. The zero-order valence-electron chi connectivity index (χ0n) is 11.0. The molecular weight excluding hydrogens is 280 g/mol. The lowest BCUT2D eigenvalue weighted by atomic mass is 10.1. The second-order valence-electron chi connectivity index (χ2n) is 3.92. The van der Waals surface area contributed by atoms with Crippen molar-refractivity contribution < 1.29 is 14.7 Å². The van der Waals surface area contributed by atoms with Gasteiger partial charge in [0.2, 0.25) is 11.8 Å². The van der Waals surface area contributed by atoms with Crippen LogP contribution < -0.4 is 10.6 Å². The van der Waals surface area contributed by atoms with Crippen LogP contribution in [0.3, 0.4) is 0 Å². The molecule has 20 heavy (non-hydrogen) atoms. The maximum Gasteiger partial charge on any atom is 0.243 e. The minimum Gasteiger partial charge on any atom is -0.395 e. The number of aliphatic hydroxyl groups excluding tert-OH is 1. The number of benzene rings is 1. The van der Waals surface area contributed by atoms with Gasteiger partial charge in [-0.3, -0.25) is 9.59 Å². The van der Waals surface area contributed by atoms with Gasteiger partial charge in [-0.15, -0.1) is 0 Å². The molecule has 0 spiro atoms. The smallest absolute Gasteiger partial charge is 0.243 e. The number of hydrogen-bond acceptors (Lipinski definition) is 3. The van der Waals surface area contributed by atoms with E-state index in [-0.39, 0.29) is 25.0 Å². The molecule has 6 heteroatoms. The van der Waals surface area contributed by atoms with Crippen LogP contribution in [0.25, 0.3) is 0 Å². The predicted octanol–water partition coefficient (Wildman–Crippen LogP) is 1.15. The molecule has 0 atom stereocenters. The molecule has 0 bridgehead atoms. The monoisotopic (exact) mass is 294 g/mol. The quantitative estimate of drug-likeness (QED) is 0.729. The van der Waals surface area contributed by atoms with E-state index >= 15 is 0 Å². The molecule has 0 heterocycles. The third kappa shape index (κ3) is 5.74. The van der Waals surface area contributed by atoms with Crippen LogP contribution in [0.15, 0.2) is 18.2 Å². The largest absolute Gasteiger partial charge is 0.395 e. The molecule has 0 aliphatic heterocycles. The van der Waals surface area contributed by atoms with Crippen LogP contribution in [0, 0.1) is 11.8 Å². The van der Waals surface area contributed by atoms with Crippen LogP contribution in [0.4, 0.5) is 5.69 Å². The summed E-state index contributed by atoms with van der Waals surface area (Å²) < 4.78 is 0. The van der Waals surface area contributed by atoms with Crippen molar-refractivity contribution >= 4 is 29.1 Å². The molecule has 2 amide bonds. The predicted molar refractivity (Wildman–Crippen MR) is 77.3 cm³/mol. The number of carbonyl (C=O) groups excluding carboxylic acids is 2. The van der Waals surface area contributed by atoms with Crippen LogP contribution in [0.2, 0.25) is 5.02 Å². The van der Waals surface area contributed by atoms with Crippen molar-refractivity contribution in [3.05, 3.63) is 28.8 Å². The molecule has 0 aliphatic carbocycles. The first-order chi connectivity index (χ1) is 9.52. The van der Waals surface area contributed by atoms with Gasteiger partial charge < -0.3 is 15.7 Å². The molecule has 106 valence electrons. The maximum atomic E-state index is 11.7. The van der Waals surface area contributed by atoms with Gasteiger partial charge in [0.1, 0.15) is 0 Å². The molecule has 3 N–H and O–H groups in total. The van der Waals surface area contributed by atoms with Gasteiger partial charge in [0.15, 0.2) is 0 Å². The fourth-order valence-corrected chi connectivity index (χ4v) is 1.51. The number of amides is 2. The Hall–Kier alpha value is -2.03. The van der Waals surface area contributed by atoms with Crippen molar-refractivity contribution in [2.45, 2.75) is 13.3 Å². The highest BCUT2D eigenvalue weighted by Gasteiger charge is 2.07. The van der Waals surface area contributed by atoms with E-state index in [0.29, 0.717) is 22.7 Å². The minimum atomic E-state index is -0.368. The molecule has 1 aromatic carbocycles. The summed E-state index contributed by atoms with van der Waals surface area (Å²) in [6, 6.07) is 4.92. The summed E-state index contributed by atoms with van der Waals surface area (Å²) >= 11 is 5.88. The van der Waals surface area contributed by atoms with Gasteiger partial charge in [-0.25, -0.2) is 0 Å². The number of nitrogens with one attached hydrogen (secondary N) is 2. The number of aliphatic hydroxyl groups is 1. The Kier molecular flexibility index (Phi) is 6.57. The fourth-order valence-electron chi connectivity index (χ4n) is 1.34. The molecule has 0 saturated heterocycles. The van der Waals surface area contributed by atoms with E-state index < -0.39 is 0 Å². The highest BCUT2D eigenvalue weighted by atomic mass is 35.5. The second kappa shape index (κ2) is 8.20. The van der Waals surface area contributed by atoms with E-state index in [1.165, 1.54) is 6.92 Å². The van der Waals surface area contributed by atoms with Crippen molar-refractivity contribution in [2.75, 3.05) is 18.5 Å². The molecule has 5 nitrogen and oxygen atoms in total. The first-order valence-corrected chi connectivity index (χ1v) is 6.34. The summed E-state index contributed by atoms with van der Waals surface area (Å²) in [5.74, 6) is 4.96. The molecule has 0 aliphatic rings. The highest BCUT2D eigenvalue weighted by Crippen LogP contribution is 2.20. The first-order valence-electron chi connectivity index (χ1n) is 5.96. The van der Waals surface area contributed by atoms with Gasteiger partial charge in [0.25, 0.3) is 0 Å². The van der Waals surface area contributed by atoms with Crippen molar-refractivity contribution in [3.8, 4) is 11.8 Å². The normalized spacial score (nSPS) is 9.35. The van der Waals surface area contributed by atoms with E-state index in [4.69, 9.17) is 16.7 Å². The molecule has 0 radical (unpaired) electrons. The molecule has 1 rings (SSSR count). The van der Waals surface area contributed by atoms with Crippen LogP contribution in [0.5, 0.6) is 0 Å². The lowest BCUT2D eigenvalue weighted by Crippen LogP contribution is -2.31. The summed E-state index contributed by atoms with van der Waals surface area (Å²) in [5, 5.41) is 14.2. The van der Waals surface area contributed by atoms with Crippen LogP contribution in [-0.4, -0.2) is 30.1 Å². The summed E-state index contributed by atoms with van der Waals surface area (Å²) in [7, 11) is 0. The van der Waals surface area contributed by atoms with Gasteiger partial charge in [-0.05, 0) is 18.2 Å². The van der Waals surface area contributed by atoms with Crippen LogP contribution in [-0.2, 0) is 9.59 Å². The molecule has 1 aromatic rings. The number of rotatable bonds is 4. The first kappa shape index (κ1) is 16.0. The van der Waals surface area contributed by atoms with E-state index in [0.717, 1.165) is 0 Å². The molecular formula is C14H15ClN2O3. The van der Waals surface area contributed by atoms with E-state index in [1.807, 2.05) is 0 Å². The van der Waals surface area contributed by atoms with Crippen molar-refractivity contribution in [3.63, 3.8) is 0 Å². The van der Waals surface area contributed by atoms with Crippen molar-refractivity contribution in [1.82, 2.24) is 5.32 Å². The average Bonchev–Trinajstić information content (AvgIpc) is 2.39. The highest BCUT2D eigenvalue weighted by molar-refractivity contribution is 6.31. The lowest BCUT2D eigenvalue weighted by Gasteiger charge is -2.08. The number of carbonyl (C=O) groups is 2. The van der Waals surface area contributed by atoms with Gasteiger partial charge in [-0.2, -0.15) is 0 Å². The summed E-state index contributed by atoms with van der Waals surface area (Å²) in [4.78, 5) is 22.4. The standard InChI is InChI=1S/C14H15ClN2O3/c1-10(19)16-9-14(20)17-13-8-12(15)6-5-11(13)4-2-3-7-18/h5-6,8,18H,3,7,9H2,1H3,(H,16,19)(H,17,20). The summed E-state index contributed by atoms with van der Waals surface area (Å²) in [6.45, 7) is 1.19. The van der Waals surface area contributed by atoms with Crippen LogP contribution >= 0.6 is 11.6 Å².